The molecule has 0 radical (unpaired) electrons. The number of ether oxygens (including phenoxy) is 1. The topological polar surface area (TPSA) is 68.5 Å². The normalized spacial score (nSPS) is 12.0. The molecule has 0 saturated heterocycles. The summed E-state index contributed by atoms with van der Waals surface area (Å²) in [6.45, 7) is 5.19. The Labute approximate surface area is 155 Å². The smallest absolute Gasteiger partial charge is 0.336 e. The van der Waals surface area contributed by atoms with Gasteiger partial charge in [-0.05, 0) is 55.7 Å². The van der Waals surface area contributed by atoms with Crippen molar-refractivity contribution in [3.05, 3.63) is 69.8 Å². The highest BCUT2D eigenvalue weighted by molar-refractivity contribution is 5.94. The van der Waals surface area contributed by atoms with Gasteiger partial charge in [0.2, 0.25) is 0 Å². The van der Waals surface area contributed by atoms with Gasteiger partial charge < -0.3 is 14.5 Å². The maximum absolute atomic E-state index is 13.6. The number of amides is 1. The molecule has 1 atom stereocenters. The van der Waals surface area contributed by atoms with Crippen LogP contribution in [0.15, 0.2) is 51.7 Å². The number of nitrogens with one attached hydrogen (secondary N) is 1. The van der Waals surface area contributed by atoms with E-state index in [1.807, 2.05) is 6.92 Å². The van der Waals surface area contributed by atoms with Crippen LogP contribution in [0, 0.1) is 12.7 Å². The van der Waals surface area contributed by atoms with E-state index in [0.29, 0.717) is 29.0 Å². The van der Waals surface area contributed by atoms with Gasteiger partial charge in [-0.25, -0.2) is 9.18 Å². The summed E-state index contributed by atoms with van der Waals surface area (Å²) in [6, 6.07) is 11.1. The first-order valence-corrected chi connectivity index (χ1v) is 8.68. The fraction of sp³-hybridized carbons (Fsp3) is 0.238. The highest BCUT2D eigenvalue weighted by Gasteiger charge is 2.16. The van der Waals surface area contributed by atoms with E-state index in [1.54, 1.807) is 44.2 Å². The van der Waals surface area contributed by atoms with Crippen LogP contribution < -0.4 is 15.7 Å². The summed E-state index contributed by atoms with van der Waals surface area (Å²) in [4.78, 5) is 24.0. The average molecular weight is 369 g/mol. The predicted octanol–water partition coefficient (Wildman–Crippen LogP) is 4.21. The predicted molar refractivity (Wildman–Crippen MR) is 102 cm³/mol. The Morgan fingerprint density at radius 2 is 2.00 bits per heavy atom. The molecule has 3 aromatic rings. The molecular weight excluding hydrogens is 349 g/mol. The van der Waals surface area contributed by atoms with Gasteiger partial charge >= 0.3 is 5.63 Å². The maximum atomic E-state index is 13.6. The van der Waals surface area contributed by atoms with Gasteiger partial charge in [0.15, 0.2) is 6.10 Å². The third kappa shape index (κ3) is 4.16. The zero-order valence-corrected chi connectivity index (χ0v) is 15.3. The van der Waals surface area contributed by atoms with Crippen molar-refractivity contribution in [2.75, 3.05) is 5.32 Å². The average Bonchev–Trinajstić information content (AvgIpc) is 2.63. The van der Waals surface area contributed by atoms with E-state index in [4.69, 9.17) is 9.15 Å². The molecule has 27 heavy (non-hydrogen) atoms. The van der Waals surface area contributed by atoms with Gasteiger partial charge in [-0.3, -0.25) is 4.79 Å². The fourth-order valence-corrected chi connectivity index (χ4v) is 2.75. The third-order valence-corrected chi connectivity index (χ3v) is 4.30. The van der Waals surface area contributed by atoms with Crippen LogP contribution in [0.4, 0.5) is 10.1 Å². The van der Waals surface area contributed by atoms with Crippen molar-refractivity contribution in [3.8, 4) is 5.75 Å². The summed E-state index contributed by atoms with van der Waals surface area (Å²) in [6.07, 6.45) is -0.123. The Morgan fingerprint density at radius 1 is 1.22 bits per heavy atom. The molecule has 6 heteroatoms. The molecule has 1 aromatic heterocycles. The first-order valence-electron chi connectivity index (χ1n) is 8.68. The van der Waals surface area contributed by atoms with Gasteiger partial charge in [-0.15, -0.1) is 0 Å². The van der Waals surface area contributed by atoms with Gasteiger partial charge in [-0.1, -0.05) is 13.0 Å². The number of halogens is 1. The largest absolute Gasteiger partial charge is 0.481 e. The Balaban J connectivity index is 1.76. The lowest BCUT2D eigenvalue weighted by atomic mass is 10.1. The van der Waals surface area contributed by atoms with Crippen molar-refractivity contribution >= 4 is 22.6 Å². The van der Waals surface area contributed by atoms with Gasteiger partial charge in [0.05, 0.1) is 0 Å². The summed E-state index contributed by atoms with van der Waals surface area (Å²) in [7, 11) is 0. The lowest BCUT2D eigenvalue weighted by Gasteiger charge is -2.15. The number of rotatable bonds is 5. The van der Waals surface area contributed by atoms with Crippen molar-refractivity contribution < 1.29 is 18.3 Å². The number of aryl methyl sites for hydroxylation is 2. The van der Waals surface area contributed by atoms with Gasteiger partial charge in [0, 0.05) is 23.2 Å². The van der Waals surface area contributed by atoms with Crippen molar-refractivity contribution in [1.82, 2.24) is 0 Å². The second-order valence-corrected chi connectivity index (χ2v) is 6.32. The molecule has 0 bridgehead atoms. The molecule has 0 spiro atoms. The molecule has 0 aliphatic rings. The molecule has 140 valence electrons. The minimum absolute atomic E-state index is 0.357. The first kappa shape index (κ1) is 18.6. The number of carbonyl (C=O) groups excluding carboxylic acids is 1. The molecule has 2 aromatic carbocycles. The highest BCUT2D eigenvalue weighted by atomic mass is 19.1. The molecule has 1 unspecified atom stereocenters. The summed E-state index contributed by atoms with van der Waals surface area (Å²) >= 11 is 0. The molecule has 0 aliphatic carbocycles. The monoisotopic (exact) mass is 369 g/mol. The zero-order chi connectivity index (χ0) is 19.6. The Bertz CT molecular complexity index is 1060. The van der Waals surface area contributed by atoms with Crippen LogP contribution in [-0.2, 0) is 11.2 Å². The highest BCUT2D eigenvalue weighted by Crippen LogP contribution is 2.24. The molecular formula is C21H20FNO4. The second kappa shape index (κ2) is 7.61. The number of anilines is 1. The zero-order valence-electron chi connectivity index (χ0n) is 15.3. The van der Waals surface area contributed by atoms with Gasteiger partial charge in [-0.2, -0.15) is 0 Å². The van der Waals surface area contributed by atoms with Crippen LogP contribution in [0.5, 0.6) is 5.75 Å². The molecule has 0 saturated carbocycles. The minimum Gasteiger partial charge on any atom is -0.481 e. The summed E-state index contributed by atoms with van der Waals surface area (Å²) in [5, 5.41) is 3.45. The van der Waals surface area contributed by atoms with Gasteiger partial charge in [0.25, 0.3) is 5.91 Å². The Hall–Kier alpha value is -3.15. The molecule has 5 nitrogen and oxygen atoms in total. The van der Waals surface area contributed by atoms with Crippen molar-refractivity contribution in [3.63, 3.8) is 0 Å². The van der Waals surface area contributed by atoms with Crippen LogP contribution in [0.2, 0.25) is 0 Å². The van der Waals surface area contributed by atoms with Gasteiger partial charge in [0.1, 0.15) is 17.1 Å². The number of carbonyl (C=O) groups is 1. The number of hydrogen-bond acceptors (Lipinski definition) is 4. The van der Waals surface area contributed by atoms with Crippen molar-refractivity contribution in [2.24, 2.45) is 0 Å². The van der Waals surface area contributed by atoms with Crippen LogP contribution in [0.25, 0.3) is 11.0 Å². The second-order valence-electron chi connectivity index (χ2n) is 6.32. The summed E-state index contributed by atoms with van der Waals surface area (Å²) < 4.78 is 24.5. The first-order chi connectivity index (χ1) is 12.9. The molecule has 0 fully saturated rings. The molecule has 3 rings (SSSR count). The van der Waals surface area contributed by atoms with E-state index < -0.39 is 23.5 Å². The van der Waals surface area contributed by atoms with Crippen LogP contribution >= 0.6 is 0 Å². The SMILES string of the molecule is CCc1cc(=O)oc2cc(OC(C)C(=O)Nc3ccc(C)c(F)c3)ccc12. The maximum Gasteiger partial charge on any atom is 0.336 e. The standard InChI is InChI=1S/C21H20FNO4/c1-4-14-9-20(24)27-19-11-16(7-8-17(14)19)26-13(3)21(25)23-15-6-5-12(2)18(22)10-15/h5-11,13H,4H2,1-3H3,(H,23,25). The Kier molecular flexibility index (Phi) is 5.26. The lowest BCUT2D eigenvalue weighted by Crippen LogP contribution is -2.30. The molecule has 1 heterocycles. The molecule has 1 amide bonds. The van der Waals surface area contributed by atoms with Crippen LogP contribution in [0.3, 0.4) is 0 Å². The summed E-state index contributed by atoms with van der Waals surface area (Å²) in [5.41, 5.74) is 1.73. The van der Waals surface area contributed by atoms with E-state index in [1.165, 1.54) is 12.1 Å². The number of hydrogen-bond donors (Lipinski definition) is 1. The lowest BCUT2D eigenvalue weighted by molar-refractivity contribution is -0.122. The molecule has 1 N–H and O–H groups in total. The fourth-order valence-electron chi connectivity index (χ4n) is 2.75. The van der Waals surface area contributed by atoms with Crippen molar-refractivity contribution in [2.45, 2.75) is 33.3 Å². The van der Waals surface area contributed by atoms with E-state index in [9.17, 15) is 14.0 Å². The van der Waals surface area contributed by atoms with Crippen LogP contribution in [0.1, 0.15) is 25.0 Å². The summed E-state index contributed by atoms with van der Waals surface area (Å²) in [5.74, 6) is -0.406. The van der Waals surface area contributed by atoms with E-state index in [2.05, 4.69) is 5.32 Å². The minimum atomic E-state index is -0.826. The quantitative estimate of drug-likeness (QED) is 0.684. The van der Waals surface area contributed by atoms with E-state index in [-0.39, 0.29) is 0 Å². The Morgan fingerprint density at radius 3 is 2.70 bits per heavy atom. The van der Waals surface area contributed by atoms with Crippen LogP contribution in [-0.4, -0.2) is 12.0 Å². The number of benzene rings is 2. The van der Waals surface area contributed by atoms with Crippen molar-refractivity contribution in [1.29, 1.82) is 0 Å². The van der Waals surface area contributed by atoms with E-state index in [0.717, 1.165) is 10.9 Å². The third-order valence-electron chi connectivity index (χ3n) is 4.30. The number of fused-ring (bicyclic) bond motifs is 1. The van der Waals surface area contributed by atoms with E-state index >= 15 is 0 Å². The molecule has 0 aliphatic heterocycles.